The van der Waals surface area contributed by atoms with E-state index in [1.165, 1.54) is 0 Å². The van der Waals surface area contributed by atoms with Crippen LogP contribution in [0.3, 0.4) is 0 Å². The molecule has 0 atom stereocenters. The first-order valence-corrected chi connectivity index (χ1v) is 5.97. The van der Waals surface area contributed by atoms with Crippen LogP contribution < -0.4 is 11.1 Å². The van der Waals surface area contributed by atoms with Crippen LogP contribution in [0.25, 0.3) is 0 Å². The number of nitrogen functional groups attached to an aromatic ring is 1. The zero-order chi connectivity index (χ0) is 14.3. The Morgan fingerprint density at radius 2 is 2.16 bits per heavy atom. The third-order valence-electron chi connectivity index (χ3n) is 2.30. The van der Waals surface area contributed by atoms with Crippen molar-refractivity contribution in [1.29, 1.82) is 0 Å². The van der Waals surface area contributed by atoms with Gasteiger partial charge in [-0.1, -0.05) is 12.6 Å². The third kappa shape index (κ3) is 5.72. The fraction of sp³-hybridized carbons (Fsp3) is 0.286. The standard InChI is InChI=1S/C14H18N2O3/c1-10(2)14(18)19-8-4-7-13(17)16-12-6-3-5-11(15)9-12/h3,5-6,9H,1,4,7-8,15H2,2H3,(H,16,17). The van der Waals surface area contributed by atoms with Gasteiger partial charge in [0.05, 0.1) is 6.61 Å². The summed E-state index contributed by atoms with van der Waals surface area (Å²) in [6, 6.07) is 6.95. The number of esters is 1. The highest BCUT2D eigenvalue weighted by Crippen LogP contribution is 2.12. The lowest BCUT2D eigenvalue weighted by atomic mass is 10.2. The van der Waals surface area contributed by atoms with Crippen molar-refractivity contribution >= 4 is 23.3 Å². The minimum Gasteiger partial charge on any atom is -0.462 e. The van der Waals surface area contributed by atoms with E-state index in [0.717, 1.165) is 0 Å². The minimum atomic E-state index is -0.434. The minimum absolute atomic E-state index is 0.142. The summed E-state index contributed by atoms with van der Waals surface area (Å²) in [4.78, 5) is 22.7. The Hall–Kier alpha value is -2.30. The van der Waals surface area contributed by atoms with Crippen molar-refractivity contribution in [3.05, 3.63) is 36.4 Å². The van der Waals surface area contributed by atoms with Crippen LogP contribution >= 0.6 is 0 Å². The molecule has 0 bridgehead atoms. The second-order valence-electron chi connectivity index (χ2n) is 4.19. The van der Waals surface area contributed by atoms with Crippen LogP contribution in [0.5, 0.6) is 0 Å². The van der Waals surface area contributed by atoms with Gasteiger partial charge < -0.3 is 15.8 Å². The lowest BCUT2D eigenvalue weighted by Gasteiger charge is -2.06. The molecule has 0 heterocycles. The van der Waals surface area contributed by atoms with E-state index in [2.05, 4.69) is 11.9 Å². The van der Waals surface area contributed by atoms with Crippen molar-refractivity contribution in [1.82, 2.24) is 0 Å². The lowest BCUT2D eigenvalue weighted by Crippen LogP contribution is -2.13. The van der Waals surface area contributed by atoms with Crippen molar-refractivity contribution in [3.63, 3.8) is 0 Å². The summed E-state index contributed by atoms with van der Waals surface area (Å²) in [6.07, 6.45) is 0.742. The highest BCUT2D eigenvalue weighted by Gasteiger charge is 2.05. The number of carbonyl (C=O) groups excluding carboxylic acids is 2. The van der Waals surface area contributed by atoms with Crippen LogP contribution in [0, 0.1) is 0 Å². The molecule has 5 nitrogen and oxygen atoms in total. The predicted octanol–water partition coefficient (Wildman–Crippen LogP) is 2.11. The molecule has 1 aromatic rings. The number of hydrogen-bond acceptors (Lipinski definition) is 4. The molecule has 0 aliphatic carbocycles. The monoisotopic (exact) mass is 262 g/mol. The molecule has 1 amide bonds. The van der Waals surface area contributed by atoms with E-state index in [0.29, 0.717) is 23.4 Å². The SMILES string of the molecule is C=C(C)C(=O)OCCCC(=O)Nc1cccc(N)c1. The van der Waals surface area contributed by atoms with Gasteiger partial charge in [0, 0.05) is 23.4 Å². The number of nitrogens with two attached hydrogens (primary N) is 1. The van der Waals surface area contributed by atoms with Crippen molar-refractivity contribution < 1.29 is 14.3 Å². The fourth-order valence-corrected chi connectivity index (χ4v) is 1.36. The number of anilines is 2. The molecule has 0 aliphatic heterocycles. The summed E-state index contributed by atoms with van der Waals surface area (Å²) in [6.45, 7) is 5.25. The third-order valence-corrected chi connectivity index (χ3v) is 2.30. The van der Waals surface area contributed by atoms with Crippen LogP contribution in [-0.2, 0) is 14.3 Å². The van der Waals surface area contributed by atoms with Crippen molar-refractivity contribution in [2.45, 2.75) is 19.8 Å². The predicted molar refractivity (Wildman–Crippen MR) is 74.5 cm³/mol. The normalized spacial score (nSPS) is 9.74. The number of ether oxygens (including phenoxy) is 1. The summed E-state index contributed by atoms with van der Waals surface area (Å²) in [5.41, 5.74) is 7.20. The average molecular weight is 262 g/mol. The topological polar surface area (TPSA) is 81.4 Å². The van der Waals surface area contributed by atoms with E-state index in [1.807, 2.05) is 0 Å². The van der Waals surface area contributed by atoms with Crippen LogP contribution in [0.4, 0.5) is 11.4 Å². The zero-order valence-corrected chi connectivity index (χ0v) is 10.9. The first-order valence-electron chi connectivity index (χ1n) is 5.97. The number of hydrogen-bond donors (Lipinski definition) is 2. The molecule has 0 aliphatic rings. The highest BCUT2D eigenvalue weighted by molar-refractivity contribution is 5.91. The Kier molecular flexibility index (Phi) is 5.60. The van der Waals surface area contributed by atoms with Gasteiger partial charge in [-0.05, 0) is 31.5 Å². The van der Waals surface area contributed by atoms with Gasteiger partial charge >= 0.3 is 5.97 Å². The molecule has 0 saturated carbocycles. The summed E-state index contributed by atoms with van der Waals surface area (Å²) < 4.78 is 4.88. The van der Waals surface area contributed by atoms with Gasteiger partial charge in [-0.2, -0.15) is 0 Å². The molecule has 0 radical (unpaired) electrons. The summed E-state index contributed by atoms with van der Waals surface area (Å²) in [7, 11) is 0. The molecule has 0 fully saturated rings. The average Bonchev–Trinajstić information content (AvgIpc) is 2.34. The maximum atomic E-state index is 11.6. The van der Waals surface area contributed by atoms with Crippen LogP contribution in [-0.4, -0.2) is 18.5 Å². The molecular weight excluding hydrogens is 244 g/mol. The van der Waals surface area contributed by atoms with E-state index >= 15 is 0 Å². The van der Waals surface area contributed by atoms with Crippen LogP contribution in [0.2, 0.25) is 0 Å². The molecule has 0 spiro atoms. The molecule has 3 N–H and O–H groups in total. The Morgan fingerprint density at radius 1 is 1.42 bits per heavy atom. The van der Waals surface area contributed by atoms with Gasteiger partial charge in [0.25, 0.3) is 0 Å². The fourth-order valence-electron chi connectivity index (χ4n) is 1.36. The second kappa shape index (κ2) is 7.20. The molecule has 19 heavy (non-hydrogen) atoms. The highest BCUT2D eigenvalue weighted by atomic mass is 16.5. The van der Waals surface area contributed by atoms with Gasteiger partial charge in [0.15, 0.2) is 0 Å². The quantitative estimate of drug-likeness (QED) is 0.356. The number of rotatable bonds is 6. The van der Waals surface area contributed by atoms with E-state index in [1.54, 1.807) is 31.2 Å². The van der Waals surface area contributed by atoms with E-state index in [-0.39, 0.29) is 18.9 Å². The Morgan fingerprint density at radius 3 is 2.79 bits per heavy atom. The molecule has 1 aromatic carbocycles. The van der Waals surface area contributed by atoms with Crippen molar-refractivity contribution in [2.24, 2.45) is 0 Å². The largest absolute Gasteiger partial charge is 0.462 e. The van der Waals surface area contributed by atoms with Crippen LogP contribution in [0.15, 0.2) is 36.4 Å². The molecular formula is C14H18N2O3. The molecule has 0 unspecified atom stereocenters. The van der Waals surface area contributed by atoms with E-state index in [4.69, 9.17) is 10.5 Å². The van der Waals surface area contributed by atoms with Crippen molar-refractivity contribution in [2.75, 3.05) is 17.7 Å². The smallest absolute Gasteiger partial charge is 0.333 e. The molecule has 1 rings (SSSR count). The van der Waals surface area contributed by atoms with Gasteiger partial charge in [-0.25, -0.2) is 4.79 Å². The molecule has 0 aromatic heterocycles. The van der Waals surface area contributed by atoms with Crippen molar-refractivity contribution in [3.8, 4) is 0 Å². The second-order valence-corrected chi connectivity index (χ2v) is 4.19. The first kappa shape index (κ1) is 14.8. The number of carbonyl (C=O) groups is 2. The maximum absolute atomic E-state index is 11.6. The van der Waals surface area contributed by atoms with E-state index < -0.39 is 5.97 Å². The van der Waals surface area contributed by atoms with Gasteiger partial charge in [-0.15, -0.1) is 0 Å². The summed E-state index contributed by atoms with van der Waals surface area (Å²) in [5.74, 6) is -0.576. The Bertz CT molecular complexity index is 483. The zero-order valence-electron chi connectivity index (χ0n) is 10.9. The lowest BCUT2D eigenvalue weighted by molar-refractivity contribution is -0.139. The molecule has 102 valence electrons. The molecule has 0 saturated heterocycles. The van der Waals surface area contributed by atoms with E-state index in [9.17, 15) is 9.59 Å². The maximum Gasteiger partial charge on any atom is 0.333 e. The number of benzene rings is 1. The Balaban J connectivity index is 2.25. The molecule has 5 heteroatoms. The van der Waals surface area contributed by atoms with Gasteiger partial charge in [-0.3, -0.25) is 4.79 Å². The van der Waals surface area contributed by atoms with Gasteiger partial charge in [0.2, 0.25) is 5.91 Å². The Labute approximate surface area is 112 Å². The first-order chi connectivity index (χ1) is 8.99. The van der Waals surface area contributed by atoms with Gasteiger partial charge in [0.1, 0.15) is 0 Å². The number of amides is 1. The summed E-state index contributed by atoms with van der Waals surface area (Å²) >= 11 is 0. The number of nitrogens with one attached hydrogen (secondary N) is 1. The summed E-state index contributed by atoms with van der Waals surface area (Å²) in [5, 5.41) is 2.72. The van der Waals surface area contributed by atoms with Crippen LogP contribution in [0.1, 0.15) is 19.8 Å².